The molecule has 0 fully saturated rings. The van der Waals surface area contributed by atoms with Crippen molar-refractivity contribution in [3.8, 4) is 0 Å². The molecule has 0 N–H and O–H groups in total. The van der Waals surface area contributed by atoms with E-state index in [0.717, 1.165) is 31.3 Å². The smallest absolute Gasteiger partial charge is 0.158 e. The van der Waals surface area contributed by atoms with Crippen molar-refractivity contribution in [1.82, 2.24) is 0 Å². The molecule has 1 nitrogen and oxygen atoms in total. The standard InChI is InChI=1S/C12H20O/c1-3-10(2)9-12(13)11-7-5-4-6-8-11/h7,10H,3-6,8-9H2,1-2H3/t10-/m0/s1. The molecule has 1 rings (SSSR count). The van der Waals surface area contributed by atoms with Crippen molar-refractivity contribution in [1.29, 1.82) is 0 Å². The van der Waals surface area contributed by atoms with Gasteiger partial charge < -0.3 is 0 Å². The largest absolute Gasteiger partial charge is 0.295 e. The first-order chi connectivity index (χ1) is 6.24. The summed E-state index contributed by atoms with van der Waals surface area (Å²) in [5.74, 6) is 0.948. The molecule has 1 aliphatic carbocycles. The summed E-state index contributed by atoms with van der Waals surface area (Å²) in [5.41, 5.74) is 1.10. The highest BCUT2D eigenvalue weighted by Gasteiger charge is 2.14. The molecule has 0 aromatic rings. The van der Waals surface area contributed by atoms with Gasteiger partial charge in [-0.1, -0.05) is 26.3 Å². The Morgan fingerprint density at radius 2 is 2.31 bits per heavy atom. The molecule has 0 heterocycles. The van der Waals surface area contributed by atoms with E-state index < -0.39 is 0 Å². The summed E-state index contributed by atoms with van der Waals surface area (Å²) >= 11 is 0. The molecule has 0 radical (unpaired) electrons. The predicted molar refractivity (Wildman–Crippen MR) is 55.6 cm³/mol. The normalized spacial score (nSPS) is 19.4. The van der Waals surface area contributed by atoms with Gasteiger partial charge in [-0.3, -0.25) is 4.79 Å². The Labute approximate surface area is 81.2 Å². The maximum absolute atomic E-state index is 11.7. The minimum atomic E-state index is 0.397. The van der Waals surface area contributed by atoms with E-state index in [4.69, 9.17) is 0 Å². The van der Waals surface area contributed by atoms with Gasteiger partial charge in [0.05, 0.1) is 0 Å². The lowest BCUT2D eigenvalue weighted by Gasteiger charge is -2.13. The Morgan fingerprint density at radius 3 is 2.85 bits per heavy atom. The number of hydrogen-bond donors (Lipinski definition) is 0. The molecular formula is C12H20O. The van der Waals surface area contributed by atoms with Crippen LogP contribution in [0.4, 0.5) is 0 Å². The number of rotatable bonds is 4. The van der Waals surface area contributed by atoms with Crippen molar-refractivity contribution in [2.75, 3.05) is 0 Å². The van der Waals surface area contributed by atoms with Gasteiger partial charge in [-0.25, -0.2) is 0 Å². The quantitative estimate of drug-likeness (QED) is 0.647. The van der Waals surface area contributed by atoms with Gasteiger partial charge in [0.25, 0.3) is 0 Å². The van der Waals surface area contributed by atoms with Gasteiger partial charge in [0.15, 0.2) is 5.78 Å². The summed E-state index contributed by atoms with van der Waals surface area (Å²) in [4.78, 5) is 11.7. The fourth-order valence-electron chi connectivity index (χ4n) is 1.68. The van der Waals surface area contributed by atoms with Crippen molar-refractivity contribution in [2.45, 2.75) is 52.4 Å². The summed E-state index contributed by atoms with van der Waals surface area (Å²) in [7, 11) is 0. The number of allylic oxidation sites excluding steroid dienone is 2. The van der Waals surface area contributed by atoms with Crippen molar-refractivity contribution >= 4 is 5.78 Å². The van der Waals surface area contributed by atoms with E-state index in [2.05, 4.69) is 19.9 Å². The van der Waals surface area contributed by atoms with E-state index in [9.17, 15) is 4.79 Å². The first-order valence-electron chi connectivity index (χ1n) is 5.46. The Hall–Kier alpha value is -0.590. The highest BCUT2D eigenvalue weighted by molar-refractivity contribution is 5.95. The van der Waals surface area contributed by atoms with Crippen LogP contribution in [0.3, 0.4) is 0 Å². The third-order valence-electron chi connectivity index (χ3n) is 2.88. The second kappa shape index (κ2) is 5.21. The molecule has 0 unspecified atom stereocenters. The maximum Gasteiger partial charge on any atom is 0.158 e. The van der Waals surface area contributed by atoms with Gasteiger partial charge in [-0.2, -0.15) is 0 Å². The Balaban J connectivity index is 2.42. The van der Waals surface area contributed by atoms with Crippen LogP contribution in [0.25, 0.3) is 0 Å². The van der Waals surface area contributed by atoms with E-state index in [0.29, 0.717) is 11.7 Å². The van der Waals surface area contributed by atoms with Crippen LogP contribution in [0.1, 0.15) is 52.4 Å². The maximum atomic E-state index is 11.7. The summed E-state index contributed by atoms with van der Waals surface area (Å²) in [5, 5.41) is 0. The van der Waals surface area contributed by atoms with Gasteiger partial charge in [-0.05, 0) is 37.2 Å². The van der Waals surface area contributed by atoms with Gasteiger partial charge in [0.2, 0.25) is 0 Å². The van der Waals surface area contributed by atoms with Crippen LogP contribution in [0.5, 0.6) is 0 Å². The Morgan fingerprint density at radius 1 is 1.54 bits per heavy atom. The lowest BCUT2D eigenvalue weighted by Crippen LogP contribution is -2.09. The molecule has 1 heteroatoms. The number of hydrogen-bond acceptors (Lipinski definition) is 1. The second-order valence-electron chi connectivity index (χ2n) is 4.12. The molecule has 0 aromatic carbocycles. The van der Waals surface area contributed by atoms with Crippen LogP contribution < -0.4 is 0 Å². The summed E-state index contributed by atoms with van der Waals surface area (Å²) in [6, 6.07) is 0. The fourth-order valence-corrected chi connectivity index (χ4v) is 1.68. The summed E-state index contributed by atoms with van der Waals surface area (Å²) in [6.07, 6.45) is 8.62. The monoisotopic (exact) mass is 180 g/mol. The minimum Gasteiger partial charge on any atom is -0.295 e. The molecule has 1 atom stereocenters. The van der Waals surface area contributed by atoms with Crippen molar-refractivity contribution in [3.05, 3.63) is 11.6 Å². The summed E-state index contributed by atoms with van der Waals surface area (Å²) < 4.78 is 0. The zero-order valence-corrected chi connectivity index (χ0v) is 8.81. The highest BCUT2D eigenvalue weighted by atomic mass is 16.1. The van der Waals surface area contributed by atoms with Crippen molar-refractivity contribution in [2.24, 2.45) is 5.92 Å². The van der Waals surface area contributed by atoms with E-state index in [1.54, 1.807) is 0 Å². The zero-order valence-electron chi connectivity index (χ0n) is 8.81. The lowest BCUT2D eigenvalue weighted by molar-refractivity contribution is -0.116. The van der Waals surface area contributed by atoms with Crippen molar-refractivity contribution < 1.29 is 4.79 Å². The molecule has 0 spiro atoms. The third kappa shape index (κ3) is 3.33. The average molecular weight is 180 g/mol. The lowest BCUT2D eigenvalue weighted by atomic mass is 9.91. The molecule has 0 aromatic heterocycles. The van der Waals surface area contributed by atoms with Gasteiger partial charge >= 0.3 is 0 Å². The number of Topliss-reactive ketones (excluding diaryl/α,β-unsaturated/α-hetero) is 1. The highest BCUT2D eigenvalue weighted by Crippen LogP contribution is 2.21. The van der Waals surface area contributed by atoms with Crippen LogP contribution in [0.15, 0.2) is 11.6 Å². The fraction of sp³-hybridized carbons (Fsp3) is 0.750. The Kier molecular flexibility index (Phi) is 4.20. The number of carbonyl (C=O) groups excluding carboxylic acids is 1. The number of ketones is 1. The van der Waals surface area contributed by atoms with E-state index in [-0.39, 0.29) is 0 Å². The number of carbonyl (C=O) groups is 1. The molecule has 0 bridgehead atoms. The first-order valence-corrected chi connectivity index (χ1v) is 5.46. The van der Waals surface area contributed by atoms with Crippen LogP contribution in [0, 0.1) is 5.92 Å². The topological polar surface area (TPSA) is 17.1 Å². The Bertz CT molecular complexity index is 203. The van der Waals surface area contributed by atoms with Gasteiger partial charge in [0, 0.05) is 6.42 Å². The van der Waals surface area contributed by atoms with Crippen LogP contribution in [-0.4, -0.2) is 5.78 Å². The van der Waals surface area contributed by atoms with Gasteiger partial charge in [-0.15, -0.1) is 0 Å². The molecule has 74 valence electrons. The van der Waals surface area contributed by atoms with E-state index in [1.165, 1.54) is 12.8 Å². The second-order valence-corrected chi connectivity index (χ2v) is 4.12. The average Bonchev–Trinajstić information content (AvgIpc) is 2.19. The minimum absolute atomic E-state index is 0.397. The summed E-state index contributed by atoms with van der Waals surface area (Å²) in [6.45, 7) is 4.30. The molecule has 13 heavy (non-hydrogen) atoms. The molecular weight excluding hydrogens is 160 g/mol. The molecule has 1 aliphatic rings. The van der Waals surface area contributed by atoms with Gasteiger partial charge in [0.1, 0.15) is 0 Å². The first kappa shape index (κ1) is 10.5. The van der Waals surface area contributed by atoms with E-state index >= 15 is 0 Å². The molecule has 0 saturated heterocycles. The SMILES string of the molecule is CC[C@H](C)CC(=O)C1=CCCCC1. The molecule has 0 amide bonds. The van der Waals surface area contributed by atoms with E-state index in [1.807, 2.05) is 0 Å². The molecule has 0 saturated carbocycles. The molecule has 0 aliphatic heterocycles. The van der Waals surface area contributed by atoms with Crippen LogP contribution >= 0.6 is 0 Å². The van der Waals surface area contributed by atoms with Crippen LogP contribution in [-0.2, 0) is 4.79 Å². The predicted octanol–water partition coefficient (Wildman–Crippen LogP) is 3.49. The third-order valence-corrected chi connectivity index (χ3v) is 2.88. The van der Waals surface area contributed by atoms with Crippen LogP contribution in [0.2, 0.25) is 0 Å². The zero-order chi connectivity index (χ0) is 9.68. The van der Waals surface area contributed by atoms with Crippen molar-refractivity contribution in [3.63, 3.8) is 0 Å².